The molecule has 5 nitrogen and oxygen atoms in total. The Bertz CT molecular complexity index is 523. The topological polar surface area (TPSA) is 79.2 Å². The number of hydrogen-bond acceptors (Lipinski definition) is 5. The van der Waals surface area contributed by atoms with Gasteiger partial charge in [0, 0.05) is 10.9 Å². The number of rotatable bonds is 7. The molecule has 0 aliphatic rings. The van der Waals surface area contributed by atoms with Crippen LogP contribution in [-0.4, -0.2) is 30.0 Å². The Kier molecular flexibility index (Phi) is 7.33. The summed E-state index contributed by atoms with van der Waals surface area (Å²) in [5, 5.41) is 11.4. The van der Waals surface area contributed by atoms with Gasteiger partial charge in [0.25, 0.3) is 0 Å². The van der Waals surface area contributed by atoms with Crippen molar-refractivity contribution in [2.24, 2.45) is 0 Å². The molecule has 0 aliphatic carbocycles. The van der Waals surface area contributed by atoms with Gasteiger partial charge in [-0.1, -0.05) is 19.1 Å². The molecule has 1 rings (SSSR count). The summed E-state index contributed by atoms with van der Waals surface area (Å²) < 4.78 is 4.58. The van der Waals surface area contributed by atoms with Gasteiger partial charge in [0.2, 0.25) is 5.91 Å². The standard InChI is InChI=1S/C15H18N2O3S/c1-11(9-15(19)20-2)21-10-14(18)17-13-5-3-12(4-6-13)7-8-16/h3-6,11H,7,9-10H2,1-2H3,(H,17,18). The van der Waals surface area contributed by atoms with Crippen molar-refractivity contribution in [1.82, 2.24) is 0 Å². The van der Waals surface area contributed by atoms with Crippen molar-refractivity contribution in [3.05, 3.63) is 29.8 Å². The van der Waals surface area contributed by atoms with Crippen molar-refractivity contribution in [2.45, 2.75) is 25.0 Å². The van der Waals surface area contributed by atoms with Gasteiger partial charge in [-0.15, -0.1) is 11.8 Å². The Balaban J connectivity index is 2.36. The number of hydrogen-bond donors (Lipinski definition) is 1. The molecule has 21 heavy (non-hydrogen) atoms. The highest BCUT2D eigenvalue weighted by molar-refractivity contribution is 8.00. The van der Waals surface area contributed by atoms with Crippen LogP contribution in [-0.2, 0) is 20.7 Å². The molecule has 0 saturated carbocycles. The predicted molar refractivity (Wildman–Crippen MR) is 82.9 cm³/mol. The van der Waals surface area contributed by atoms with E-state index in [1.54, 1.807) is 12.1 Å². The third-order valence-corrected chi connectivity index (χ3v) is 3.87. The first-order valence-corrected chi connectivity index (χ1v) is 7.54. The summed E-state index contributed by atoms with van der Waals surface area (Å²) in [6.07, 6.45) is 0.645. The number of esters is 1. The average molecular weight is 306 g/mol. The number of ether oxygens (including phenoxy) is 1. The second kappa shape index (κ2) is 9.03. The van der Waals surface area contributed by atoms with Crippen LogP contribution < -0.4 is 5.32 Å². The van der Waals surface area contributed by atoms with E-state index in [1.165, 1.54) is 18.9 Å². The zero-order valence-corrected chi connectivity index (χ0v) is 12.9. The lowest BCUT2D eigenvalue weighted by Crippen LogP contribution is -2.17. The summed E-state index contributed by atoms with van der Waals surface area (Å²) in [7, 11) is 1.35. The van der Waals surface area contributed by atoms with Gasteiger partial charge >= 0.3 is 5.97 Å². The van der Waals surface area contributed by atoms with E-state index < -0.39 is 0 Å². The fourth-order valence-electron chi connectivity index (χ4n) is 1.59. The Labute approximate surface area is 128 Å². The maximum Gasteiger partial charge on any atom is 0.306 e. The minimum absolute atomic E-state index is 0.0289. The van der Waals surface area contributed by atoms with Gasteiger partial charge in [-0.3, -0.25) is 9.59 Å². The number of carbonyl (C=O) groups excluding carboxylic acids is 2. The van der Waals surface area contributed by atoms with Crippen molar-refractivity contribution >= 4 is 29.3 Å². The molecule has 1 atom stereocenters. The van der Waals surface area contributed by atoms with Crippen LogP contribution in [0.5, 0.6) is 0 Å². The summed E-state index contributed by atoms with van der Waals surface area (Å²) in [6.45, 7) is 1.88. The molecule has 0 bridgehead atoms. The molecule has 0 fully saturated rings. The van der Waals surface area contributed by atoms with Crippen LogP contribution >= 0.6 is 11.8 Å². The highest BCUT2D eigenvalue weighted by atomic mass is 32.2. The fourth-order valence-corrected chi connectivity index (χ4v) is 2.35. The zero-order chi connectivity index (χ0) is 15.7. The van der Waals surface area contributed by atoms with Crippen molar-refractivity contribution in [3.8, 4) is 6.07 Å². The summed E-state index contributed by atoms with van der Waals surface area (Å²) in [5.41, 5.74) is 1.61. The predicted octanol–water partition coefficient (Wildman–Crippen LogP) is 2.38. The minimum Gasteiger partial charge on any atom is -0.469 e. The van der Waals surface area contributed by atoms with Crippen molar-refractivity contribution in [3.63, 3.8) is 0 Å². The van der Waals surface area contributed by atoms with Gasteiger partial charge in [0.05, 0.1) is 31.8 Å². The minimum atomic E-state index is -0.275. The third kappa shape index (κ3) is 6.82. The smallest absolute Gasteiger partial charge is 0.306 e. The molecular weight excluding hydrogens is 288 g/mol. The van der Waals surface area contributed by atoms with Crippen LogP contribution in [0.25, 0.3) is 0 Å². The monoisotopic (exact) mass is 306 g/mol. The van der Waals surface area contributed by atoms with Gasteiger partial charge in [0.1, 0.15) is 0 Å². The lowest BCUT2D eigenvalue weighted by molar-refractivity contribution is -0.140. The van der Waals surface area contributed by atoms with E-state index in [2.05, 4.69) is 16.1 Å². The van der Waals surface area contributed by atoms with Gasteiger partial charge in [-0.2, -0.15) is 5.26 Å². The highest BCUT2D eigenvalue weighted by Crippen LogP contribution is 2.16. The van der Waals surface area contributed by atoms with Crippen molar-refractivity contribution in [1.29, 1.82) is 5.26 Å². The van der Waals surface area contributed by atoms with Crippen LogP contribution in [0.2, 0.25) is 0 Å². The van der Waals surface area contributed by atoms with Crippen LogP contribution in [0.15, 0.2) is 24.3 Å². The number of nitrogens with zero attached hydrogens (tertiary/aromatic N) is 1. The molecule has 112 valence electrons. The second-order valence-electron chi connectivity index (χ2n) is 4.48. The van der Waals surface area contributed by atoms with E-state index in [-0.39, 0.29) is 29.3 Å². The molecular formula is C15H18N2O3S. The first kappa shape index (κ1) is 17.1. The number of nitriles is 1. The van der Waals surface area contributed by atoms with E-state index in [0.29, 0.717) is 12.1 Å². The number of nitrogens with one attached hydrogen (secondary N) is 1. The summed E-state index contributed by atoms with van der Waals surface area (Å²) in [6, 6.07) is 9.23. The quantitative estimate of drug-likeness (QED) is 0.782. The van der Waals surface area contributed by atoms with E-state index in [4.69, 9.17) is 5.26 Å². The van der Waals surface area contributed by atoms with Crippen LogP contribution in [0.4, 0.5) is 5.69 Å². The Morgan fingerprint density at radius 3 is 2.62 bits per heavy atom. The molecule has 0 saturated heterocycles. The van der Waals surface area contributed by atoms with Crippen molar-refractivity contribution < 1.29 is 14.3 Å². The molecule has 1 N–H and O–H groups in total. The van der Waals surface area contributed by atoms with Gasteiger partial charge in [-0.05, 0) is 17.7 Å². The Hall–Kier alpha value is -2.00. The molecule has 1 unspecified atom stereocenters. The van der Waals surface area contributed by atoms with E-state index in [1.807, 2.05) is 19.1 Å². The number of thioether (sulfide) groups is 1. The highest BCUT2D eigenvalue weighted by Gasteiger charge is 2.12. The van der Waals surface area contributed by atoms with Crippen LogP contribution in [0.3, 0.4) is 0 Å². The van der Waals surface area contributed by atoms with Crippen LogP contribution in [0.1, 0.15) is 18.9 Å². The fraction of sp³-hybridized carbons (Fsp3) is 0.400. The number of amides is 1. The molecule has 0 spiro atoms. The Morgan fingerprint density at radius 1 is 1.38 bits per heavy atom. The molecule has 6 heteroatoms. The largest absolute Gasteiger partial charge is 0.469 e. The van der Waals surface area contributed by atoms with Gasteiger partial charge in [-0.25, -0.2) is 0 Å². The zero-order valence-electron chi connectivity index (χ0n) is 12.1. The van der Waals surface area contributed by atoms with Gasteiger partial charge < -0.3 is 10.1 Å². The lowest BCUT2D eigenvalue weighted by atomic mass is 10.1. The molecule has 1 amide bonds. The normalized spacial score (nSPS) is 11.3. The van der Waals surface area contributed by atoms with E-state index in [0.717, 1.165) is 5.56 Å². The first-order chi connectivity index (χ1) is 10.0. The third-order valence-electron chi connectivity index (χ3n) is 2.70. The molecule has 1 aromatic rings. The lowest BCUT2D eigenvalue weighted by Gasteiger charge is -2.10. The van der Waals surface area contributed by atoms with E-state index in [9.17, 15) is 9.59 Å². The summed E-state index contributed by atoms with van der Waals surface area (Å²) >= 11 is 1.40. The number of methoxy groups -OCH3 is 1. The first-order valence-electron chi connectivity index (χ1n) is 6.49. The maximum absolute atomic E-state index is 11.8. The van der Waals surface area contributed by atoms with Crippen molar-refractivity contribution in [2.75, 3.05) is 18.2 Å². The average Bonchev–Trinajstić information content (AvgIpc) is 2.47. The van der Waals surface area contributed by atoms with E-state index >= 15 is 0 Å². The maximum atomic E-state index is 11.8. The summed E-state index contributed by atoms with van der Waals surface area (Å²) in [4.78, 5) is 22.9. The van der Waals surface area contributed by atoms with Gasteiger partial charge in [0.15, 0.2) is 0 Å². The molecule has 0 heterocycles. The van der Waals surface area contributed by atoms with Crippen LogP contribution in [0, 0.1) is 11.3 Å². The molecule has 0 aromatic heterocycles. The molecule has 0 radical (unpaired) electrons. The second-order valence-corrected chi connectivity index (χ2v) is 5.91. The SMILES string of the molecule is COC(=O)CC(C)SCC(=O)Nc1ccc(CC#N)cc1. The number of anilines is 1. The number of carbonyl (C=O) groups is 2. The molecule has 0 aliphatic heterocycles. The summed E-state index contributed by atoms with van der Waals surface area (Å²) in [5.74, 6) is -0.119. The molecule has 1 aromatic carbocycles. The Morgan fingerprint density at radius 2 is 2.05 bits per heavy atom. The number of benzene rings is 1.